The monoisotopic (exact) mass is 356 g/mol. The number of benzene rings is 1. The number of hydrogen-bond acceptors (Lipinski definition) is 3. The summed E-state index contributed by atoms with van der Waals surface area (Å²) in [4.78, 5) is 38.6. The molecule has 3 rings (SSSR count). The molecule has 1 N–H and O–H groups in total. The highest BCUT2D eigenvalue weighted by molar-refractivity contribution is 6.05. The number of imide groups is 1. The zero-order valence-corrected chi connectivity index (χ0v) is 15.9. The lowest BCUT2D eigenvalue weighted by Gasteiger charge is -2.19. The van der Waals surface area contributed by atoms with Crippen molar-refractivity contribution >= 4 is 17.7 Å². The van der Waals surface area contributed by atoms with Crippen molar-refractivity contribution < 1.29 is 14.4 Å². The first-order valence-electron chi connectivity index (χ1n) is 9.60. The minimum absolute atomic E-state index is 0.0740. The number of rotatable bonds is 5. The van der Waals surface area contributed by atoms with Gasteiger partial charge in [0.1, 0.15) is 0 Å². The molecule has 1 saturated carbocycles. The minimum atomic E-state index is -0.145. The number of carbonyl (C=O) groups is 3. The summed E-state index contributed by atoms with van der Waals surface area (Å²) in [5.41, 5.74) is 3.39. The van der Waals surface area contributed by atoms with Gasteiger partial charge in [-0.15, -0.1) is 0 Å². The van der Waals surface area contributed by atoms with E-state index in [1.165, 1.54) is 4.90 Å². The van der Waals surface area contributed by atoms with Gasteiger partial charge in [0.05, 0.1) is 17.9 Å². The van der Waals surface area contributed by atoms with Crippen molar-refractivity contribution in [3.63, 3.8) is 0 Å². The van der Waals surface area contributed by atoms with Gasteiger partial charge in [-0.3, -0.25) is 19.3 Å². The van der Waals surface area contributed by atoms with Crippen LogP contribution < -0.4 is 5.32 Å². The third kappa shape index (κ3) is 3.67. The number of likely N-dealkylation sites (tertiary alicyclic amines) is 1. The Morgan fingerprint density at radius 3 is 2.38 bits per heavy atom. The van der Waals surface area contributed by atoms with E-state index in [0.717, 1.165) is 42.4 Å². The Balaban J connectivity index is 1.56. The summed E-state index contributed by atoms with van der Waals surface area (Å²) in [5, 5.41) is 2.99. The van der Waals surface area contributed by atoms with Crippen molar-refractivity contribution in [3.8, 4) is 0 Å². The van der Waals surface area contributed by atoms with Crippen molar-refractivity contribution in [1.82, 2.24) is 10.2 Å². The number of nitrogens with one attached hydrogen (secondary N) is 1. The van der Waals surface area contributed by atoms with Crippen LogP contribution in [-0.4, -0.2) is 29.2 Å². The maximum absolute atomic E-state index is 12.5. The van der Waals surface area contributed by atoms with Gasteiger partial charge >= 0.3 is 0 Å². The molecule has 0 aromatic heterocycles. The minimum Gasteiger partial charge on any atom is -0.350 e. The molecule has 0 unspecified atom stereocenters. The SMILES string of the molecule is Cc1ccc(C)c([C@H](C)NC(=O)CCN2C(=O)[C@@H]3CCCC[C@H]3C2=O)c1. The molecule has 0 bridgehead atoms. The van der Waals surface area contributed by atoms with Gasteiger partial charge in [0, 0.05) is 13.0 Å². The first-order valence-corrected chi connectivity index (χ1v) is 9.60. The molecular weight excluding hydrogens is 328 g/mol. The van der Waals surface area contributed by atoms with Gasteiger partial charge in [-0.2, -0.15) is 0 Å². The van der Waals surface area contributed by atoms with E-state index in [4.69, 9.17) is 0 Å². The highest BCUT2D eigenvalue weighted by atomic mass is 16.2. The van der Waals surface area contributed by atoms with E-state index < -0.39 is 0 Å². The molecule has 1 aromatic carbocycles. The molecule has 0 radical (unpaired) electrons. The summed E-state index contributed by atoms with van der Waals surface area (Å²) in [5.74, 6) is -0.569. The molecule has 0 spiro atoms. The summed E-state index contributed by atoms with van der Waals surface area (Å²) in [6.07, 6.45) is 3.80. The Morgan fingerprint density at radius 1 is 1.15 bits per heavy atom. The van der Waals surface area contributed by atoms with Crippen molar-refractivity contribution in [2.24, 2.45) is 11.8 Å². The Labute approximate surface area is 155 Å². The van der Waals surface area contributed by atoms with Crippen molar-refractivity contribution in [2.75, 3.05) is 6.54 Å². The molecule has 140 valence electrons. The van der Waals surface area contributed by atoms with Crippen LogP contribution in [0.3, 0.4) is 0 Å². The third-order valence-electron chi connectivity index (χ3n) is 5.77. The average molecular weight is 356 g/mol. The highest BCUT2D eigenvalue weighted by Crippen LogP contribution is 2.37. The second-order valence-corrected chi connectivity index (χ2v) is 7.72. The van der Waals surface area contributed by atoms with E-state index in [-0.39, 0.29) is 48.6 Å². The van der Waals surface area contributed by atoms with Crippen LogP contribution in [0.2, 0.25) is 0 Å². The molecule has 1 aromatic rings. The topological polar surface area (TPSA) is 66.5 Å². The number of carbonyl (C=O) groups excluding carboxylic acids is 3. The summed E-state index contributed by atoms with van der Waals surface area (Å²) in [7, 11) is 0. The van der Waals surface area contributed by atoms with Crippen LogP contribution in [0.4, 0.5) is 0 Å². The summed E-state index contributed by atoms with van der Waals surface area (Å²) in [6.45, 7) is 6.21. The Morgan fingerprint density at radius 2 is 1.77 bits per heavy atom. The van der Waals surface area contributed by atoms with Crippen molar-refractivity contribution in [3.05, 3.63) is 34.9 Å². The second-order valence-electron chi connectivity index (χ2n) is 7.72. The lowest BCUT2D eigenvalue weighted by Crippen LogP contribution is -2.36. The van der Waals surface area contributed by atoms with Crippen LogP contribution >= 0.6 is 0 Å². The van der Waals surface area contributed by atoms with Crippen molar-refractivity contribution in [2.45, 2.75) is 58.9 Å². The molecule has 3 atom stereocenters. The van der Waals surface area contributed by atoms with Gasteiger partial charge < -0.3 is 5.32 Å². The predicted octanol–water partition coefficient (Wildman–Crippen LogP) is 3.05. The molecule has 5 nitrogen and oxygen atoms in total. The normalized spacial score (nSPS) is 23.7. The largest absolute Gasteiger partial charge is 0.350 e. The second kappa shape index (κ2) is 7.60. The number of amides is 3. The first-order chi connectivity index (χ1) is 12.4. The lowest BCUT2D eigenvalue weighted by atomic mass is 9.81. The number of nitrogens with zero attached hydrogens (tertiary/aromatic N) is 1. The summed E-state index contributed by atoms with van der Waals surface area (Å²) < 4.78 is 0. The van der Waals surface area contributed by atoms with Crippen LogP contribution in [0.1, 0.15) is 61.8 Å². The van der Waals surface area contributed by atoms with E-state index in [0.29, 0.717) is 0 Å². The molecule has 1 heterocycles. The molecule has 2 aliphatic rings. The molecule has 3 amide bonds. The Kier molecular flexibility index (Phi) is 5.44. The third-order valence-corrected chi connectivity index (χ3v) is 5.77. The Hall–Kier alpha value is -2.17. The number of fused-ring (bicyclic) bond motifs is 1. The average Bonchev–Trinajstić information content (AvgIpc) is 2.86. The van der Waals surface area contributed by atoms with E-state index in [1.54, 1.807) is 0 Å². The highest BCUT2D eigenvalue weighted by Gasteiger charge is 2.47. The van der Waals surface area contributed by atoms with Crippen LogP contribution in [0.15, 0.2) is 18.2 Å². The van der Waals surface area contributed by atoms with Gasteiger partial charge in [-0.1, -0.05) is 36.6 Å². The fourth-order valence-corrected chi connectivity index (χ4v) is 4.28. The number of hydrogen-bond donors (Lipinski definition) is 1. The van der Waals surface area contributed by atoms with E-state index in [1.807, 2.05) is 20.8 Å². The maximum Gasteiger partial charge on any atom is 0.233 e. The first kappa shape index (κ1) is 18.6. The van der Waals surface area contributed by atoms with Crippen LogP contribution in [0.25, 0.3) is 0 Å². The predicted molar refractivity (Wildman–Crippen MR) is 99.3 cm³/mol. The molecular formula is C21H28N2O3. The van der Waals surface area contributed by atoms with E-state index >= 15 is 0 Å². The smallest absolute Gasteiger partial charge is 0.233 e. The quantitative estimate of drug-likeness (QED) is 0.825. The zero-order chi connectivity index (χ0) is 18.8. The molecule has 1 saturated heterocycles. The van der Waals surface area contributed by atoms with Crippen LogP contribution in [-0.2, 0) is 14.4 Å². The van der Waals surface area contributed by atoms with Gasteiger partial charge in [0.2, 0.25) is 17.7 Å². The lowest BCUT2D eigenvalue weighted by molar-refractivity contribution is -0.140. The van der Waals surface area contributed by atoms with Crippen molar-refractivity contribution in [1.29, 1.82) is 0 Å². The summed E-state index contributed by atoms with van der Waals surface area (Å²) >= 11 is 0. The molecule has 1 aliphatic carbocycles. The van der Waals surface area contributed by atoms with Gasteiger partial charge in [-0.05, 0) is 44.7 Å². The molecule has 5 heteroatoms. The van der Waals surface area contributed by atoms with Crippen LogP contribution in [0.5, 0.6) is 0 Å². The van der Waals surface area contributed by atoms with Gasteiger partial charge in [-0.25, -0.2) is 0 Å². The molecule has 2 fully saturated rings. The van der Waals surface area contributed by atoms with Crippen LogP contribution in [0, 0.1) is 25.7 Å². The Bertz CT molecular complexity index is 704. The van der Waals surface area contributed by atoms with E-state index in [2.05, 4.69) is 23.5 Å². The molecule has 26 heavy (non-hydrogen) atoms. The fourth-order valence-electron chi connectivity index (χ4n) is 4.28. The zero-order valence-electron chi connectivity index (χ0n) is 15.9. The van der Waals surface area contributed by atoms with Gasteiger partial charge in [0.25, 0.3) is 0 Å². The van der Waals surface area contributed by atoms with E-state index in [9.17, 15) is 14.4 Å². The fraction of sp³-hybridized carbons (Fsp3) is 0.571. The number of aryl methyl sites for hydroxylation is 2. The van der Waals surface area contributed by atoms with Gasteiger partial charge in [0.15, 0.2) is 0 Å². The standard InChI is InChI=1S/C21H28N2O3/c1-13-8-9-14(2)18(12-13)15(3)22-19(24)10-11-23-20(25)16-6-4-5-7-17(16)21(23)26/h8-9,12,15-17H,4-7,10-11H2,1-3H3,(H,22,24)/t15-,16+,17+/m0/s1. The maximum atomic E-state index is 12.5. The molecule has 1 aliphatic heterocycles. The summed E-state index contributed by atoms with van der Waals surface area (Å²) in [6, 6.07) is 6.09.